The first-order chi connectivity index (χ1) is 9.35. The summed E-state index contributed by atoms with van der Waals surface area (Å²) in [5, 5.41) is 8.75. The lowest BCUT2D eigenvalue weighted by atomic mass is 10.3. The van der Waals surface area contributed by atoms with E-state index in [4.69, 9.17) is 4.42 Å². The number of hydrogen-bond donors (Lipinski definition) is 0. The third kappa shape index (κ3) is 2.68. The smallest absolute Gasteiger partial charge is 0.223 e. The molecule has 0 aliphatic carbocycles. The number of aryl methyl sites for hydroxylation is 2. The Morgan fingerprint density at radius 1 is 1.16 bits per heavy atom. The number of para-hydroxylation sites is 1. The monoisotopic (exact) mass is 273 g/mol. The molecular formula is C13H11N3O2S. The number of hydrogen-bond acceptors (Lipinski definition) is 6. The predicted octanol–water partition coefficient (Wildman–Crippen LogP) is 2.21. The molecule has 0 bridgehead atoms. The Morgan fingerprint density at radius 3 is 2.84 bits per heavy atom. The van der Waals surface area contributed by atoms with Gasteiger partial charge in [-0.15, -0.1) is 21.5 Å². The number of nitrogens with zero attached hydrogens (tertiary/aromatic N) is 3. The molecule has 0 amide bonds. The number of thiazole rings is 1. The van der Waals surface area contributed by atoms with Gasteiger partial charge in [0.05, 0.1) is 21.6 Å². The minimum atomic E-state index is 0.175. The second kappa shape index (κ2) is 5.27. The second-order valence-electron chi connectivity index (χ2n) is 4.04. The van der Waals surface area contributed by atoms with E-state index in [2.05, 4.69) is 21.2 Å². The number of carbonyl (C=O) groups excluding carboxylic acids is 1. The lowest BCUT2D eigenvalue weighted by Crippen LogP contribution is -1.90. The normalized spacial score (nSPS) is 10.9. The van der Waals surface area contributed by atoms with E-state index in [0.29, 0.717) is 18.2 Å². The van der Waals surface area contributed by atoms with Crippen LogP contribution >= 0.6 is 11.3 Å². The fourth-order valence-corrected chi connectivity index (χ4v) is 2.75. The summed E-state index contributed by atoms with van der Waals surface area (Å²) in [5.74, 6) is 0.922. The number of rotatable bonds is 5. The van der Waals surface area contributed by atoms with Crippen LogP contribution in [-0.2, 0) is 24.1 Å². The van der Waals surface area contributed by atoms with Crippen molar-refractivity contribution < 1.29 is 9.21 Å². The average Bonchev–Trinajstić information content (AvgIpc) is 3.02. The third-order valence-corrected chi connectivity index (χ3v) is 3.75. The standard InChI is InChI=1S/C13H11N3O2S/c17-8-7-12-16-15-11(18-12)5-6-13-14-9-3-1-2-4-10(9)19-13/h1-4,8H,5-7H2. The summed E-state index contributed by atoms with van der Waals surface area (Å²) in [7, 11) is 0. The first-order valence-corrected chi connectivity index (χ1v) is 6.76. The maximum atomic E-state index is 10.3. The number of aromatic nitrogens is 3. The fourth-order valence-electron chi connectivity index (χ4n) is 1.78. The molecule has 19 heavy (non-hydrogen) atoms. The predicted molar refractivity (Wildman–Crippen MR) is 71.1 cm³/mol. The average molecular weight is 273 g/mol. The zero-order valence-corrected chi connectivity index (χ0v) is 10.9. The Kier molecular flexibility index (Phi) is 3.33. The van der Waals surface area contributed by atoms with Crippen molar-refractivity contribution in [2.45, 2.75) is 19.3 Å². The molecule has 0 saturated carbocycles. The van der Waals surface area contributed by atoms with Crippen LogP contribution in [0.5, 0.6) is 0 Å². The van der Waals surface area contributed by atoms with Crippen molar-refractivity contribution >= 4 is 27.8 Å². The van der Waals surface area contributed by atoms with Crippen molar-refractivity contribution in [1.29, 1.82) is 0 Å². The Balaban J connectivity index is 1.69. The fraction of sp³-hybridized carbons (Fsp3) is 0.231. The highest BCUT2D eigenvalue weighted by molar-refractivity contribution is 7.18. The number of carbonyl (C=O) groups is 1. The van der Waals surface area contributed by atoms with E-state index in [-0.39, 0.29) is 6.42 Å². The van der Waals surface area contributed by atoms with Crippen LogP contribution in [0.25, 0.3) is 10.2 Å². The topological polar surface area (TPSA) is 68.9 Å². The lowest BCUT2D eigenvalue weighted by Gasteiger charge is -1.90. The van der Waals surface area contributed by atoms with E-state index in [1.165, 1.54) is 4.70 Å². The number of fused-ring (bicyclic) bond motifs is 1. The zero-order chi connectivity index (χ0) is 13.1. The molecule has 5 nitrogen and oxygen atoms in total. The first-order valence-electron chi connectivity index (χ1n) is 5.94. The highest BCUT2D eigenvalue weighted by atomic mass is 32.1. The van der Waals surface area contributed by atoms with Crippen molar-refractivity contribution in [3.8, 4) is 0 Å². The third-order valence-electron chi connectivity index (χ3n) is 2.66. The SMILES string of the molecule is O=CCc1nnc(CCc2nc3ccccc3s2)o1. The van der Waals surface area contributed by atoms with E-state index in [0.717, 1.165) is 23.2 Å². The molecule has 6 heteroatoms. The molecule has 2 heterocycles. The maximum absolute atomic E-state index is 10.3. The molecule has 0 saturated heterocycles. The van der Waals surface area contributed by atoms with Crippen molar-refractivity contribution in [2.24, 2.45) is 0 Å². The molecule has 0 radical (unpaired) electrons. The Bertz CT molecular complexity index is 672. The summed E-state index contributed by atoms with van der Waals surface area (Å²) in [6, 6.07) is 8.05. The highest BCUT2D eigenvalue weighted by Crippen LogP contribution is 2.22. The van der Waals surface area contributed by atoms with Crippen LogP contribution in [0.3, 0.4) is 0 Å². The maximum Gasteiger partial charge on any atom is 0.223 e. The number of aldehydes is 1. The number of benzene rings is 1. The van der Waals surface area contributed by atoms with Gasteiger partial charge >= 0.3 is 0 Å². The van der Waals surface area contributed by atoms with Gasteiger partial charge in [-0.3, -0.25) is 0 Å². The quantitative estimate of drug-likeness (QED) is 0.667. The van der Waals surface area contributed by atoms with E-state index < -0.39 is 0 Å². The van der Waals surface area contributed by atoms with Gasteiger partial charge in [0, 0.05) is 12.8 Å². The van der Waals surface area contributed by atoms with Gasteiger partial charge < -0.3 is 9.21 Å². The van der Waals surface area contributed by atoms with Gasteiger partial charge in [-0.25, -0.2) is 4.98 Å². The molecule has 0 spiro atoms. The van der Waals surface area contributed by atoms with E-state index in [1.54, 1.807) is 11.3 Å². The van der Waals surface area contributed by atoms with E-state index >= 15 is 0 Å². The van der Waals surface area contributed by atoms with Gasteiger partial charge in [-0.1, -0.05) is 12.1 Å². The molecule has 1 aromatic carbocycles. The van der Waals surface area contributed by atoms with Crippen LogP contribution in [0.1, 0.15) is 16.8 Å². The first kappa shape index (κ1) is 12.0. The molecule has 0 aliphatic rings. The minimum absolute atomic E-state index is 0.175. The highest BCUT2D eigenvalue weighted by Gasteiger charge is 2.08. The van der Waals surface area contributed by atoms with Crippen molar-refractivity contribution in [2.75, 3.05) is 0 Å². The van der Waals surface area contributed by atoms with Gasteiger partial charge in [-0.05, 0) is 12.1 Å². The summed E-state index contributed by atoms with van der Waals surface area (Å²) in [6.45, 7) is 0. The van der Waals surface area contributed by atoms with Gasteiger partial charge in [-0.2, -0.15) is 0 Å². The van der Waals surface area contributed by atoms with Crippen LogP contribution in [0.2, 0.25) is 0 Å². The van der Waals surface area contributed by atoms with Gasteiger partial charge in [0.1, 0.15) is 6.29 Å². The second-order valence-corrected chi connectivity index (χ2v) is 5.15. The molecule has 0 aliphatic heterocycles. The lowest BCUT2D eigenvalue weighted by molar-refractivity contribution is -0.107. The molecule has 0 unspecified atom stereocenters. The van der Waals surface area contributed by atoms with Crippen LogP contribution < -0.4 is 0 Å². The van der Waals surface area contributed by atoms with Gasteiger partial charge in [0.15, 0.2) is 0 Å². The summed E-state index contributed by atoms with van der Waals surface area (Å²) in [6.07, 6.45) is 2.34. The summed E-state index contributed by atoms with van der Waals surface area (Å²) >= 11 is 1.68. The molecule has 96 valence electrons. The molecule has 3 rings (SSSR count). The Hall–Kier alpha value is -2.08. The van der Waals surface area contributed by atoms with Crippen LogP contribution in [0, 0.1) is 0 Å². The van der Waals surface area contributed by atoms with Crippen molar-refractivity contribution in [1.82, 2.24) is 15.2 Å². The largest absolute Gasteiger partial charge is 0.425 e. The van der Waals surface area contributed by atoms with E-state index in [1.807, 2.05) is 18.2 Å². The van der Waals surface area contributed by atoms with Crippen molar-refractivity contribution in [3.63, 3.8) is 0 Å². The van der Waals surface area contributed by atoms with Crippen LogP contribution in [0.15, 0.2) is 28.7 Å². The summed E-state index contributed by atoms with van der Waals surface area (Å²) in [5.41, 5.74) is 1.02. The molecule has 2 aromatic heterocycles. The Morgan fingerprint density at radius 2 is 2.00 bits per heavy atom. The van der Waals surface area contributed by atoms with Gasteiger partial charge in [0.25, 0.3) is 0 Å². The van der Waals surface area contributed by atoms with Gasteiger partial charge in [0.2, 0.25) is 11.8 Å². The zero-order valence-electron chi connectivity index (χ0n) is 10.1. The Labute approximate surface area is 113 Å². The van der Waals surface area contributed by atoms with Crippen LogP contribution in [0.4, 0.5) is 0 Å². The molecule has 0 fully saturated rings. The molecule has 3 aromatic rings. The summed E-state index contributed by atoms with van der Waals surface area (Å²) < 4.78 is 6.53. The molecule has 0 N–H and O–H groups in total. The van der Waals surface area contributed by atoms with Crippen LogP contribution in [-0.4, -0.2) is 21.5 Å². The van der Waals surface area contributed by atoms with E-state index in [9.17, 15) is 4.79 Å². The summed E-state index contributed by atoms with van der Waals surface area (Å²) in [4.78, 5) is 14.9. The molecule has 0 atom stereocenters. The molecular weight excluding hydrogens is 262 g/mol. The van der Waals surface area contributed by atoms with Crippen molar-refractivity contribution in [3.05, 3.63) is 41.1 Å². The minimum Gasteiger partial charge on any atom is -0.425 e.